The molecule has 0 unspecified atom stereocenters. The normalized spacial score (nSPS) is 12.8. The second-order valence-electron chi connectivity index (χ2n) is 16.1. The Morgan fingerprint density at radius 1 is 0.415 bits per heavy atom. The van der Waals surface area contributed by atoms with Gasteiger partial charge in [-0.3, -0.25) is 0 Å². The number of hydrogen-bond donors (Lipinski definition) is 0. The van der Waals surface area contributed by atoms with Gasteiger partial charge in [0, 0.05) is 17.1 Å². The summed E-state index contributed by atoms with van der Waals surface area (Å²) in [4.78, 5) is 2.60. The van der Waals surface area contributed by atoms with Gasteiger partial charge in [-0.05, 0) is 174 Å². The molecule has 0 N–H and O–H groups in total. The largest absolute Gasteiger partial charge is 0.313 e. The molecule has 2 heterocycles. The Morgan fingerprint density at radius 3 is 1.17 bits per heavy atom. The van der Waals surface area contributed by atoms with Crippen LogP contribution in [0.15, 0.2) is 72.8 Å². The lowest BCUT2D eigenvalue weighted by molar-refractivity contribution is 1.19. The van der Waals surface area contributed by atoms with Gasteiger partial charge in [-0.2, -0.15) is 5.26 Å². The number of hydrogen-bond acceptors (Lipinski definition) is 2. The van der Waals surface area contributed by atoms with E-state index in [0.717, 1.165) is 5.56 Å². The average Bonchev–Trinajstić information content (AvgIpc) is 3.16. The molecule has 53 heavy (non-hydrogen) atoms. The Morgan fingerprint density at radius 2 is 0.792 bits per heavy atom. The summed E-state index contributed by atoms with van der Waals surface area (Å²) in [6.45, 7) is 27.7. The molecule has 0 fully saturated rings. The minimum absolute atomic E-state index is 0.0440. The van der Waals surface area contributed by atoms with Crippen LogP contribution in [-0.4, -0.2) is 13.4 Å². The molecule has 8 rings (SSSR count). The van der Waals surface area contributed by atoms with Crippen LogP contribution in [0, 0.1) is 94.4 Å². The van der Waals surface area contributed by atoms with Gasteiger partial charge in [0.05, 0.1) is 11.6 Å². The topological polar surface area (TPSA) is 27.0 Å². The van der Waals surface area contributed by atoms with E-state index in [4.69, 9.17) is 0 Å². The highest BCUT2D eigenvalue weighted by molar-refractivity contribution is 7.02. The van der Waals surface area contributed by atoms with Crippen LogP contribution in [0.1, 0.15) is 72.3 Å². The molecule has 0 saturated carbocycles. The van der Waals surface area contributed by atoms with Crippen LogP contribution >= 0.6 is 0 Å². The third-order valence-corrected chi connectivity index (χ3v) is 13.5. The Hall–Kier alpha value is -5.26. The Labute approximate surface area is 317 Å². The lowest BCUT2D eigenvalue weighted by atomic mass is 9.29. The third-order valence-electron chi connectivity index (χ3n) is 13.5. The summed E-state index contributed by atoms with van der Waals surface area (Å²) in [5, 5.41) is 9.71. The predicted octanol–water partition coefficient (Wildman–Crippen LogP) is 8.06. The molecule has 2 aliphatic rings. The van der Waals surface area contributed by atoms with Crippen molar-refractivity contribution in [1.29, 1.82) is 5.26 Å². The maximum absolute atomic E-state index is 9.71. The van der Waals surface area contributed by atoms with Gasteiger partial charge in [-0.25, -0.2) is 0 Å². The van der Waals surface area contributed by atoms with E-state index in [1.165, 1.54) is 122 Å². The molecule has 260 valence electrons. The van der Waals surface area contributed by atoms with E-state index in [1.54, 1.807) is 0 Å². The van der Waals surface area contributed by atoms with E-state index in [2.05, 4.69) is 155 Å². The molecule has 0 aliphatic carbocycles. The average molecular weight is 687 g/mol. The van der Waals surface area contributed by atoms with Gasteiger partial charge in [-0.15, -0.1) is 0 Å². The summed E-state index contributed by atoms with van der Waals surface area (Å²) in [5.74, 6) is 0. The second-order valence-corrected chi connectivity index (χ2v) is 16.1. The summed E-state index contributed by atoms with van der Waals surface area (Å²) in [6, 6.07) is 29.7. The van der Waals surface area contributed by atoms with Crippen LogP contribution in [-0.2, 0) is 0 Å². The van der Waals surface area contributed by atoms with Gasteiger partial charge in [0.25, 0.3) is 0 Å². The van der Waals surface area contributed by atoms with Crippen molar-refractivity contribution < 1.29 is 0 Å². The van der Waals surface area contributed by atoms with Gasteiger partial charge in [0.1, 0.15) is 0 Å². The Kier molecular flexibility index (Phi) is 8.15. The van der Waals surface area contributed by atoms with Gasteiger partial charge >= 0.3 is 0 Å². The van der Waals surface area contributed by atoms with E-state index in [-0.39, 0.29) is 13.4 Å². The van der Waals surface area contributed by atoms with Crippen LogP contribution in [0.2, 0.25) is 0 Å². The molecular formula is C49H48B2N2. The van der Waals surface area contributed by atoms with E-state index >= 15 is 0 Å². The first kappa shape index (κ1) is 34.8. The molecule has 0 saturated heterocycles. The summed E-state index contributed by atoms with van der Waals surface area (Å²) in [5.41, 5.74) is 31.5. The molecule has 0 bridgehead atoms. The zero-order chi connectivity index (χ0) is 37.8. The highest BCUT2D eigenvalue weighted by Crippen LogP contribution is 2.40. The number of nitriles is 1. The minimum atomic E-state index is 0.0440. The number of fused-ring (bicyclic) bond motifs is 4. The minimum Gasteiger partial charge on any atom is -0.313 e. The zero-order valence-corrected chi connectivity index (χ0v) is 33.5. The van der Waals surface area contributed by atoms with E-state index in [0.29, 0.717) is 5.56 Å². The Bertz CT molecular complexity index is 2400. The number of nitrogens with zero attached hydrogens (tertiary/aromatic N) is 2. The fourth-order valence-electron chi connectivity index (χ4n) is 9.75. The first-order chi connectivity index (χ1) is 25.2. The molecule has 2 nitrogen and oxygen atoms in total. The number of anilines is 3. The quantitative estimate of drug-likeness (QED) is 0.176. The third kappa shape index (κ3) is 5.00. The van der Waals surface area contributed by atoms with Crippen LogP contribution < -0.4 is 37.7 Å². The SMILES string of the molecule is Cc1ccc2c(c1)B(c1c(C)c(C)c(C)c(C)c1C)c1cc(-c3ccc(C#N)cc3)cc3c1N2c1ccc(C)cc1B3c1c(C)c(C)c(C)c(C)c1C. The second kappa shape index (κ2) is 12.4. The number of rotatable bonds is 3. The molecule has 0 atom stereocenters. The molecule has 2 aliphatic heterocycles. The summed E-state index contributed by atoms with van der Waals surface area (Å²) in [6.07, 6.45) is 0. The van der Waals surface area contributed by atoms with Crippen molar-refractivity contribution in [2.75, 3.05) is 4.90 Å². The van der Waals surface area contributed by atoms with Gasteiger partial charge < -0.3 is 4.90 Å². The molecule has 6 aromatic carbocycles. The smallest absolute Gasteiger partial charge is 0.247 e. The van der Waals surface area contributed by atoms with Crippen LogP contribution in [0.4, 0.5) is 17.1 Å². The first-order valence-corrected chi connectivity index (χ1v) is 19.1. The van der Waals surface area contributed by atoms with Crippen molar-refractivity contribution in [3.63, 3.8) is 0 Å². The van der Waals surface area contributed by atoms with Crippen LogP contribution in [0.5, 0.6) is 0 Å². The van der Waals surface area contributed by atoms with E-state index < -0.39 is 0 Å². The van der Waals surface area contributed by atoms with Crippen molar-refractivity contribution in [2.45, 2.75) is 83.1 Å². The van der Waals surface area contributed by atoms with Crippen molar-refractivity contribution >= 4 is 63.3 Å². The molecular weight excluding hydrogens is 638 g/mol. The van der Waals surface area contributed by atoms with Crippen molar-refractivity contribution in [2.24, 2.45) is 0 Å². The zero-order valence-electron chi connectivity index (χ0n) is 33.5. The van der Waals surface area contributed by atoms with Crippen molar-refractivity contribution in [1.82, 2.24) is 0 Å². The summed E-state index contributed by atoms with van der Waals surface area (Å²) >= 11 is 0. The number of aryl methyl sites for hydroxylation is 2. The number of benzene rings is 6. The van der Waals surface area contributed by atoms with E-state index in [9.17, 15) is 5.26 Å². The monoisotopic (exact) mass is 686 g/mol. The van der Waals surface area contributed by atoms with Crippen molar-refractivity contribution in [3.8, 4) is 17.2 Å². The van der Waals surface area contributed by atoms with Gasteiger partial charge in [0.15, 0.2) is 0 Å². The lowest BCUT2D eigenvalue weighted by Gasteiger charge is -2.45. The maximum atomic E-state index is 9.71. The highest BCUT2D eigenvalue weighted by atomic mass is 15.2. The predicted molar refractivity (Wildman–Crippen MR) is 230 cm³/mol. The standard InChI is InChI=1S/C49H48B2N2/c1-26-13-19-45-41(21-26)50(47-34(9)30(5)28(3)31(6)35(47)10)43-23-40(39-17-15-38(25-52)16-18-39)24-44-49(43)53(45)46-20-14-27(2)22-42(46)51(44)48-36(11)32(7)29(4)33(8)37(48)12/h13-24H,1-12H3. The van der Waals surface area contributed by atoms with Crippen LogP contribution in [0.3, 0.4) is 0 Å². The summed E-state index contributed by atoms with van der Waals surface area (Å²) in [7, 11) is 0. The molecule has 0 aromatic heterocycles. The fourth-order valence-corrected chi connectivity index (χ4v) is 9.75. The molecule has 4 heteroatoms. The Balaban J connectivity index is 1.58. The summed E-state index contributed by atoms with van der Waals surface area (Å²) < 4.78 is 0. The first-order valence-electron chi connectivity index (χ1n) is 19.1. The molecule has 6 aromatic rings. The van der Waals surface area contributed by atoms with Crippen molar-refractivity contribution in [3.05, 3.63) is 145 Å². The molecule has 0 amide bonds. The molecule has 0 radical (unpaired) electrons. The van der Waals surface area contributed by atoms with Crippen LogP contribution in [0.25, 0.3) is 11.1 Å². The lowest BCUT2D eigenvalue weighted by Crippen LogP contribution is -2.66. The van der Waals surface area contributed by atoms with Gasteiger partial charge in [-0.1, -0.05) is 92.8 Å². The molecule has 0 spiro atoms. The highest BCUT2D eigenvalue weighted by Gasteiger charge is 2.45. The van der Waals surface area contributed by atoms with Gasteiger partial charge in [0.2, 0.25) is 13.4 Å². The van der Waals surface area contributed by atoms with E-state index in [1.807, 2.05) is 12.1 Å². The fraction of sp³-hybridized carbons (Fsp3) is 0.245. The maximum Gasteiger partial charge on any atom is 0.247 e.